The van der Waals surface area contributed by atoms with Gasteiger partial charge < -0.3 is 10.2 Å². The van der Waals surface area contributed by atoms with Crippen LogP contribution >= 0.6 is 15.9 Å². The van der Waals surface area contributed by atoms with Crippen LogP contribution in [0.4, 0.5) is 0 Å². The van der Waals surface area contributed by atoms with Crippen molar-refractivity contribution >= 4 is 27.7 Å². The van der Waals surface area contributed by atoms with Crippen LogP contribution < -0.4 is 5.32 Å². The molecule has 0 saturated carbocycles. The summed E-state index contributed by atoms with van der Waals surface area (Å²) >= 11 is 3.33. The van der Waals surface area contributed by atoms with Gasteiger partial charge >= 0.3 is 11.8 Å². The Hall–Kier alpha value is -1.87. The molecule has 6 heteroatoms. The number of hydrogen-bond acceptors (Lipinski definition) is 3. The number of carbonyl (C=O) groups excluding carboxylic acids is 2. The van der Waals surface area contributed by atoms with E-state index in [0.717, 1.165) is 10.0 Å². The van der Waals surface area contributed by atoms with Gasteiger partial charge in [0.05, 0.1) is 6.07 Å². The van der Waals surface area contributed by atoms with Crippen molar-refractivity contribution in [3.8, 4) is 6.07 Å². The molecule has 18 heavy (non-hydrogen) atoms. The molecule has 1 N–H and O–H groups in total. The van der Waals surface area contributed by atoms with Crippen molar-refractivity contribution in [3.63, 3.8) is 0 Å². The van der Waals surface area contributed by atoms with Gasteiger partial charge in [0.2, 0.25) is 0 Å². The minimum Gasteiger partial charge on any atom is -0.335 e. The van der Waals surface area contributed by atoms with Crippen molar-refractivity contribution < 1.29 is 9.59 Å². The predicted octanol–water partition coefficient (Wildman–Crippen LogP) is 1.05. The van der Waals surface area contributed by atoms with Crippen LogP contribution in [0.25, 0.3) is 0 Å². The SMILES string of the molecule is CN(Cc1cccc(Br)c1)C(=O)C(=O)NCC#N. The monoisotopic (exact) mass is 309 g/mol. The van der Waals surface area contributed by atoms with E-state index in [1.165, 1.54) is 11.9 Å². The molecule has 1 aromatic carbocycles. The number of hydrogen-bond donors (Lipinski definition) is 1. The summed E-state index contributed by atoms with van der Waals surface area (Å²) in [6.07, 6.45) is 0. The second-order valence-electron chi connectivity index (χ2n) is 3.63. The van der Waals surface area contributed by atoms with E-state index in [2.05, 4.69) is 21.2 Å². The molecular formula is C12H12BrN3O2. The molecule has 0 bridgehead atoms. The van der Waals surface area contributed by atoms with E-state index in [4.69, 9.17) is 5.26 Å². The zero-order valence-corrected chi connectivity index (χ0v) is 11.4. The molecule has 0 aliphatic rings. The number of nitrogens with zero attached hydrogens (tertiary/aromatic N) is 2. The first-order valence-electron chi connectivity index (χ1n) is 5.19. The van der Waals surface area contributed by atoms with E-state index in [1.54, 1.807) is 6.07 Å². The quantitative estimate of drug-likeness (QED) is 0.670. The highest BCUT2D eigenvalue weighted by Gasteiger charge is 2.18. The normalized spacial score (nSPS) is 9.39. The van der Waals surface area contributed by atoms with Gasteiger partial charge in [0, 0.05) is 18.1 Å². The Morgan fingerprint density at radius 1 is 1.50 bits per heavy atom. The van der Waals surface area contributed by atoms with Crippen molar-refractivity contribution in [2.24, 2.45) is 0 Å². The molecule has 2 amide bonds. The van der Waals surface area contributed by atoms with E-state index in [1.807, 2.05) is 24.3 Å². The number of benzene rings is 1. The minimum atomic E-state index is -0.769. The first-order chi connectivity index (χ1) is 8.54. The van der Waals surface area contributed by atoms with Crippen molar-refractivity contribution in [1.82, 2.24) is 10.2 Å². The van der Waals surface area contributed by atoms with Gasteiger partial charge in [0.15, 0.2) is 0 Å². The van der Waals surface area contributed by atoms with Gasteiger partial charge in [-0.05, 0) is 17.7 Å². The topological polar surface area (TPSA) is 73.2 Å². The Morgan fingerprint density at radius 2 is 2.22 bits per heavy atom. The Labute approximate surface area is 114 Å². The molecule has 0 saturated heterocycles. The maximum Gasteiger partial charge on any atom is 0.311 e. The van der Waals surface area contributed by atoms with Gasteiger partial charge in [0.25, 0.3) is 0 Å². The van der Waals surface area contributed by atoms with Gasteiger partial charge in [-0.1, -0.05) is 28.1 Å². The molecule has 5 nitrogen and oxygen atoms in total. The maximum absolute atomic E-state index is 11.6. The molecule has 0 aromatic heterocycles. The molecule has 0 aliphatic heterocycles. The number of likely N-dealkylation sites (N-methyl/N-ethyl adjacent to an activating group) is 1. The van der Waals surface area contributed by atoms with Crippen LogP contribution in [0.3, 0.4) is 0 Å². The van der Waals surface area contributed by atoms with Gasteiger partial charge in [-0.2, -0.15) is 5.26 Å². The molecule has 1 rings (SSSR count). The van der Waals surface area contributed by atoms with Crippen molar-refractivity contribution in [2.45, 2.75) is 6.54 Å². The highest BCUT2D eigenvalue weighted by Crippen LogP contribution is 2.12. The van der Waals surface area contributed by atoms with Crippen molar-refractivity contribution in [2.75, 3.05) is 13.6 Å². The average molecular weight is 310 g/mol. The van der Waals surface area contributed by atoms with E-state index in [0.29, 0.717) is 6.54 Å². The Bertz CT molecular complexity index is 496. The molecule has 0 spiro atoms. The molecule has 1 aromatic rings. The smallest absolute Gasteiger partial charge is 0.311 e. The Kier molecular flexibility index (Phi) is 5.33. The van der Waals surface area contributed by atoms with Crippen LogP contribution in [-0.2, 0) is 16.1 Å². The number of rotatable bonds is 3. The summed E-state index contributed by atoms with van der Waals surface area (Å²) in [6, 6.07) is 9.21. The Morgan fingerprint density at radius 3 is 2.83 bits per heavy atom. The van der Waals surface area contributed by atoms with Crippen LogP contribution in [0.5, 0.6) is 0 Å². The largest absolute Gasteiger partial charge is 0.335 e. The number of amides is 2. The fourth-order valence-electron chi connectivity index (χ4n) is 1.35. The molecule has 0 aliphatic carbocycles. The summed E-state index contributed by atoms with van der Waals surface area (Å²) in [4.78, 5) is 24.3. The van der Waals surface area contributed by atoms with Crippen molar-refractivity contribution in [3.05, 3.63) is 34.3 Å². The minimum absolute atomic E-state index is 0.171. The molecule has 0 atom stereocenters. The lowest BCUT2D eigenvalue weighted by molar-refractivity contribution is -0.145. The lowest BCUT2D eigenvalue weighted by Crippen LogP contribution is -2.40. The summed E-state index contributed by atoms with van der Waals surface area (Å²) in [6.45, 7) is 0.160. The van der Waals surface area contributed by atoms with Gasteiger partial charge in [-0.25, -0.2) is 0 Å². The zero-order chi connectivity index (χ0) is 13.5. The van der Waals surface area contributed by atoms with Crippen molar-refractivity contribution in [1.29, 1.82) is 5.26 Å². The number of halogens is 1. The fraction of sp³-hybridized carbons (Fsp3) is 0.250. The van der Waals surface area contributed by atoms with Crippen LogP contribution in [0, 0.1) is 11.3 Å². The third-order valence-electron chi connectivity index (χ3n) is 2.18. The average Bonchev–Trinajstić information content (AvgIpc) is 2.35. The molecule has 0 fully saturated rings. The highest BCUT2D eigenvalue weighted by molar-refractivity contribution is 9.10. The van der Waals surface area contributed by atoms with Gasteiger partial charge in [0.1, 0.15) is 6.54 Å². The predicted molar refractivity (Wildman–Crippen MR) is 69.2 cm³/mol. The second kappa shape index (κ2) is 6.77. The summed E-state index contributed by atoms with van der Waals surface area (Å²) < 4.78 is 0.912. The number of nitriles is 1. The molecule has 0 heterocycles. The van der Waals surface area contributed by atoms with Crippen LogP contribution in [0.2, 0.25) is 0 Å². The molecular weight excluding hydrogens is 298 g/mol. The summed E-state index contributed by atoms with van der Waals surface area (Å²) in [7, 11) is 1.54. The van der Waals surface area contributed by atoms with E-state index < -0.39 is 11.8 Å². The third kappa shape index (κ3) is 4.18. The second-order valence-corrected chi connectivity index (χ2v) is 4.55. The maximum atomic E-state index is 11.6. The summed E-state index contributed by atoms with van der Waals surface area (Å²) in [5.41, 5.74) is 0.910. The van der Waals surface area contributed by atoms with Crippen LogP contribution in [0.1, 0.15) is 5.56 Å². The highest BCUT2D eigenvalue weighted by atomic mass is 79.9. The number of nitrogens with one attached hydrogen (secondary N) is 1. The first kappa shape index (κ1) is 14.2. The molecule has 0 unspecified atom stereocenters. The molecule has 94 valence electrons. The fourth-order valence-corrected chi connectivity index (χ4v) is 1.80. The standard InChI is InChI=1S/C12H12BrN3O2/c1-16(12(18)11(17)15-6-5-14)8-9-3-2-4-10(13)7-9/h2-4,7H,6,8H2,1H3,(H,15,17). The number of carbonyl (C=O) groups is 2. The van der Waals surface area contributed by atoms with E-state index >= 15 is 0 Å². The third-order valence-corrected chi connectivity index (χ3v) is 2.67. The summed E-state index contributed by atoms with van der Waals surface area (Å²) in [5.74, 6) is -1.43. The first-order valence-corrected chi connectivity index (χ1v) is 5.98. The van der Waals surface area contributed by atoms with Crippen LogP contribution in [-0.4, -0.2) is 30.3 Å². The lowest BCUT2D eigenvalue weighted by atomic mass is 10.2. The summed E-state index contributed by atoms with van der Waals surface area (Å²) in [5, 5.41) is 10.5. The van der Waals surface area contributed by atoms with E-state index in [9.17, 15) is 9.59 Å². The molecule has 0 radical (unpaired) electrons. The van der Waals surface area contributed by atoms with Gasteiger partial charge in [-0.15, -0.1) is 0 Å². The van der Waals surface area contributed by atoms with Gasteiger partial charge in [-0.3, -0.25) is 9.59 Å². The lowest BCUT2D eigenvalue weighted by Gasteiger charge is -2.16. The Balaban J connectivity index is 2.60. The van der Waals surface area contributed by atoms with Crippen LogP contribution in [0.15, 0.2) is 28.7 Å². The zero-order valence-electron chi connectivity index (χ0n) is 9.81. The van der Waals surface area contributed by atoms with E-state index in [-0.39, 0.29) is 6.54 Å².